The van der Waals surface area contributed by atoms with Crippen molar-refractivity contribution in [3.8, 4) is 0 Å². The van der Waals surface area contributed by atoms with Crippen molar-refractivity contribution in [2.24, 2.45) is 0 Å². The van der Waals surface area contributed by atoms with Gasteiger partial charge in [-0.15, -0.1) is 0 Å². The van der Waals surface area contributed by atoms with E-state index in [1.807, 2.05) is 49.4 Å². The number of carbonyl (C=O) groups is 1. The predicted octanol–water partition coefficient (Wildman–Crippen LogP) is 3.36. The number of benzene rings is 2. The maximum Gasteiger partial charge on any atom is 0.262 e. The number of carbonyl (C=O) groups excluding carboxylic acids is 1. The van der Waals surface area contributed by atoms with Gasteiger partial charge in [-0.2, -0.15) is 0 Å². The predicted molar refractivity (Wildman–Crippen MR) is 102 cm³/mol. The summed E-state index contributed by atoms with van der Waals surface area (Å²) in [5, 5.41) is 4.02. The van der Waals surface area contributed by atoms with Crippen molar-refractivity contribution in [3.63, 3.8) is 0 Å². The number of hydrogen-bond acceptors (Lipinski definition) is 2. The molecule has 2 aromatic rings. The van der Waals surface area contributed by atoms with Crippen molar-refractivity contribution in [2.45, 2.75) is 13.5 Å². The summed E-state index contributed by atoms with van der Waals surface area (Å²) in [5.41, 5.74) is 8.10. The number of hydrogen-bond donors (Lipinski definition) is 3. The molecule has 1 amide bonds. The monoisotopic (exact) mass is 359 g/mol. The number of halogens is 1. The number of nitrogens with one attached hydrogen (secondary N) is 3. The second kappa shape index (κ2) is 9.05. The van der Waals surface area contributed by atoms with E-state index in [1.54, 1.807) is 12.1 Å². The number of amides is 1. The van der Waals surface area contributed by atoms with Gasteiger partial charge in [0, 0.05) is 17.6 Å². The molecule has 2 aromatic carbocycles. The minimum atomic E-state index is -0.310. The normalized spacial score (nSPS) is 10.4. The molecule has 4 nitrogen and oxygen atoms in total. The Balaban J connectivity index is 1.75. The lowest BCUT2D eigenvalue weighted by molar-refractivity contribution is -0.116. The Bertz CT molecular complexity index is 747. The molecule has 2 rings (SSSR count). The number of aryl methyl sites for hydroxylation is 1. The first kappa shape index (κ1) is 18.0. The van der Waals surface area contributed by atoms with Crippen molar-refractivity contribution in [1.29, 1.82) is 0 Å². The zero-order valence-electron chi connectivity index (χ0n) is 13.2. The molecule has 0 aromatic heterocycles. The SMILES string of the molecule is Cc1ccc(/C=C/C(=O)NNC(=S)NCc2ccccc2)cc1Cl. The van der Waals surface area contributed by atoms with Crippen molar-refractivity contribution in [3.05, 3.63) is 76.3 Å². The molecule has 0 unspecified atom stereocenters. The Morgan fingerprint density at radius 3 is 2.62 bits per heavy atom. The molecule has 24 heavy (non-hydrogen) atoms. The lowest BCUT2D eigenvalue weighted by atomic mass is 10.1. The van der Waals surface area contributed by atoms with Crippen LogP contribution in [0.15, 0.2) is 54.6 Å². The maximum absolute atomic E-state index is 11.8. The Hall–Kier alpha value is -2.37. The number of hydrazine groups is 1. The van der Waals surface area contributed by atoms with E-state index in [1.165, 1.54) is 6.08 Å². The second-order valence-electron chi connectivity index (χ2n) is 5.12. The van der Waals surface area contributed by atoms with E-state index in [-0.39, 0.29) is 5.91 Å². The van der Waals surface area contributed by atoms with E-state index in [9.17, 15) is 4.79 Å². The van der Waals surface area contributed by atoms with Crippen LogP contribution < -0.4 is 16.2 Å². The summed E-state index contributed by atoms with van der Waals surface area (Å²) < 4.78 is 0. The first-order valence-electron chi connectivity index (χ1n) is 7.36. The zero-order valence-corrected chi connectivity index (χ0v) is 14.7. The highest BCUT2D eigenvalue weighted by atomic mass is 35.5. The van der Waals surface area contributed by atoms with Gasteiger partial charge >= 0.3 is 0 Å². The summed E-state index contributed by atoms with van der Waals surface area (Å²) in [6.07, 6.45) is 3.09. The third-order valence-electron chi connectivity index (χ3n) is 3.22. The number of rotatable bonds is 4. The van der Waals surface area contributed by atoms with Crippen LogP contribution in [0.3, 0.4) is 0 Å². The fourth-order valence-corrected chi connectivity index (χ4v) is 2.18. The summed E-state index contributed by atoms with van der Waals surface area (Å²) in [6, 6.07) is 15.4. The summed E-state index contributed by atoms with van der Waals surface area (Å²) in [7, 11) is 0. The first-order valence-corrected chi connectivity index (χ1v) is 8.15. The van der Waals surface area contributed by atoms with E-state index in [2.05, 4.69) is 16.2 Å². The summed E-state index contributed by atoms with van der Waals surface area (Å²) >= 11 is 11.1. The highest BCUT2D eigenvalue weighted by Crippen LogP contribution is 2.17. The molecule has 0 atom stereocenters. The van der Waals surface area contributed by atoms with Crippen molar-refractivity contribution in [2.75, 3.05) is 0 Å². The smallest absolute Gasteiger partial charge is 0.262 e. The van der Waals surface area contributed by atoms with Gasteiger partial charge in [0.15, 0.2) is 5.11 Å². The van der Waals surface area contributed by atoms with E-state index < -0.39 is 0 Å². The van der Waals surface area contributed by atoms with E-state index >= 15 is 0 Å². The average Bonchev–Trinajstić information content (AvgIpc) is 2.60. The van der Waals surface area contributed by atoms with E-state index in [4.69, 9.17) is 23.8 Å². The van der Waals surface area contributed by atoms with Crippen molar-refractivity contribution in [1.82, 2.24) is 16.2 Å². The molecule has 3 N–H and O–H groups in total. The largest absolute Gasteiger partial charge is 0.357 e. The standard InChI is InChI=1S/C18H18ClN3OS/c1-13-7-8-14(11-16(13)19)9-10-17(23)21-22-18(24)20-12-15-5-3-2-4-6-15/h2-11H,12H2,1H3,(H,21,23)(H2,20,22,24)/b10-9+. The third-order valence-corrected chi connectivity index (χ3v) is 3.87. The minimum Gasteiger partial charge on any atom is -0.357 e. The molecule has 124 valence electrons. The van der Waals surface area contributed by atoms with Gasteiger partial charge in [0.2, 0.25) is 0 Å². The van der Waals surface area contributed by atoms with Gasteiger partial charge in [-0.25, -0.2) is 0 Å². The van der Waals surface area contributed by atoms with Crippen LogP contribution in [-0.4, -0.2) is 11.0 Å². The quantitative estimate of drug-likeness (QED) is 0.445. The van der Waals surface area contributed by atoms with Crippen LogP contribution in [0.4, 0.5) is 0 Å². The highest BCUT2D eigenvalue weighted by molar-refractivity contribution is 7.80. The molecule has 0 saturated heterocycles. The van der Waals surface area contributed by atoms with Crippen LogP contribution in [-0.2, 0) is 11.3 Å². The van der Waals surface area contributed by atoms with Gasteiger partial charge in [-0.3, -0.25) is 15.6 Å². The van der Waals surface area contributed by atoms with Gasteiger partial charge in [0.25, 0.3) is 5.91 Å². The van der Waals surface area contributed by atoms with Crippen LogP contribution in [0, 0.1) is 6.92 Å². The van der Waals surface area contributed by atoms with Gasteiger partial charge in [-0.05, 0) is 48.0 Å². The molecule has 0 radical (unpaired) electrons. The van der Waals surface area contributed by atoms with Crippen LogP contribution >= 0.6 is 23.8 Å². The Morgan fingerprint density at radius 2 is 1.92 bits per heavy atom. The topological polar surface area (TPSA) is 53.2 Å². The molecule has 6 heteroatoms. The molecule has 0 aliphatic rings. The van der Waals surface area contributed by atoms with Gasteiger partial charge in [0.05, 0.1) is 0 Å². The molecule has 0 fully saturated rings. The van der Waals surface area contributed by atoms with E-state index in [0.717, 1.165) is 16.7 Å². The third kappa shape index (κ3) is 6.02. The van der Waals surface area contributed by atoms with Crippen LogP contribution in [0.1, 0.15) is 16.7 Å². The lowest BCUT2D eigenvalue weighted by Crippen LogP contribution is -2.45. The van der Waals surface area contributed by atoms with E-state index in [0.29, 0.717) is 16.7 Å². The summed E-state index contributed by atoms with van der Waals surface area (Å²) in [4.78, 5) is 11.8. The molecule has 0 bridgehead atoms. The zero-order chi connectivity index (χ0) is 17.4. The van der Waals surface area contributed by atoms with Gasteiger partial charge in [0.1, 0.15) is 0 Å². The van der Waals surface area contributed by atoms with Crippen molar-refractivity contribution >= 4 is 40.9 Å². The van der Waals surface area contributed by atoms with Crippen molar-refractivity contribution < 1.29 is 4.79 Å². The average molecular weight is 360 g/mol. The van der Waals surface area contributed by atoms with Gasteiger partial charge < -0.3 is 5.32 Å². The van der Waals surface area contributed by atoms with Gasteiger partial charge in [-0.1, -0.05) is 54.1 Å². The second-order valence-corrected chi connectivity index (χ2v) is 5.94. The van der Waals surface area contributed by atoms with Crippen LogP contribution in [0.25, 0.3) is 6.08 Å². The molecule has 0 spiro atoms. The maximum atomic E-state index is 11.8. The Kier molecular flexibility index (Phi) is 6.78. The summed E-state index contributed by atoms with van der Waals surface area (Å²) in [6.45, 7) is 2.51. The number of thiocarbonyl (C=S) groups is 1. The molecular weight excluding hydrogens is 342 g/mol. The molecule has 0 aliphatic heterocycles. The van der Waals surface area contributed by atoms with Crippen LogP contribution in [0.5, 0.6) is 0 Å². The Labute approximate surface area is 151 Å². The fraction of sp³-hybridized carbons (Fsp3) is 0.111. The fourth-order valence-electron chi connectivity index (χ4n) is 1.87. The minimum absolute atomic E-state index is 0.310. The molecule has 0 saturated carbocycles. The molecule has 0 heterocycles. The lowest BCUT2D eigenvalue weighted by Gasteiger charge is -2.10. The Morgan fingerprint density at radius 1 is 1.17 bits per heavy atom. The first-order chi connectivity index (χ1) is 11.5. The summed E-state index contributed by atoms with van der Waals surface area (Å²) in [5.74, 6) is -0.310. The molecule has 0 aliphatic carbocycles. The highest BCUT2D eigenvalue weighted by Gasteiger charge is 1.99. The van der Waals surface area contributed by atoms with Crippen LogP contribution in [0.2, 0.25) is 5.02 Å². The molecular formula is C18H18ClN3OS.